The average Bonchev–Trinajstić information content (AvgIpc) is 2.76. The van der Waals surface area contributed by atoms with Gasteiger partial charge in [-0.2, -0.15) is 26.3 Å². The van der Waals surface area contributed by atoms with Gasteiger partial charge in [-0.3, -0.25) is 9.59 Å². The predicted molar refractivity (Wildman–Crippen MR) is 127 cm³/mol. The molecule has 0 saturated heterocycles. The van der Waals surface area contributed by atoms with Crippen LogP contribution in [0.4, 0.5) is 30.7 Å². The molecule has 0 aliphatic rings. The number of amides is 2. The van der Waals surface area contributed by atoms with Crippen LogP contribution in [0.5, 0.6) is 0 Å². The summed E-state index contributed by atoms with van der Waals surface area (Å²) in [5.74, 6) is -5.84. The van der Waals surface area contributed by atoms with Crippen molar-refractivity contribution in [3.05, 3.63) is 73.2 Å². The summed E-state index contributed by atoms with van der Waals surface area (Å²) in [6.45, 7) is -2.33. The van der Waals surface area contributed by atoms with Crippen LogP contribution in [0.3, 0.4) is 0 Å². The first kappa shape index (κ1) is 31.0. The Morgan fingerprint density at radius 2 is 1.54 bits per heavy atom. The van der Waals surface area contributed by atoms with Gasteiger partial charge in [0.05, 0.1) is 32.2 Å². The minimum absolute atomic E-state index is 0.174. The number of allylic oxidation sites excluding steroid dienone is 1. The third-order valence-corrected chi connectivity index (χ3v) is 6.27. The molecule has 0 aromatic heterocycles. The van der Waals surface area contributed by atoms with Crippen LogP contribution in [0, 0.1) is 0 Å². The van der Waals surface area contributed by atoms with Gasteiger partial charge in [0, 0.05) is 12.6 Å². The van der Waals surface area contributed by atoms with E-state index in [0.717, 1.165) is 37.4 Å². The smallest absolute Gasteiger partial charge is 0.343 e. The van der Waals surface area contributed by atoms with Crippen LogP contribution in [0.1, 0.15) is 27.4 Å². The number of rotatable bonds is 7. The molecule has 0 radical (unpaired) electrons. The molecule has 0 bridgehead atoms. The van der Waals surface area contributed by atoms with Crippen LogP contribution >= 0.6 is 46.4 Å². The number of nitrogens with one attached hydrogen (secondary N) is 1. The van der Waals surface area contributed by atoms with Crippen molar-refractivity contribution in [1.29, 1.82) is 0 Å². The van der Waals surface area contributed by atoms with Crippen LogP contribution in [0.15, 0.2) is 36.4 Å². The van der Waals surface area contributed by atoms with Gasteiger partial charge < -0.3 is 10.2 Å². The SMILES string of the molecule is CN(CC(F)(F)F)C(=O)CNC(=O)c1ccc(C(F)=CC(c2cc(Cl)c(Cl)c(Cl)c2)C(F)(F)F)cc1Cl. The fourth-order valence-corrected chi connectivity index (χ4v) is 3.85. The highest BCUT2D eigenvalue weighted by Crippen LogP contribution is 2.42. The normalized spacial score (nSPS) is 13.4. The Hall–Kier alpha value is -2.21. The van der Waals surface area contributed by atoms with E-state index in [9.17, 15) is 40.3 Å². The molecule has 0 spiro atoms. The van der Waals surface area contributed by atoms with E-state index in [1.807, 2.05) is 0 Å². The van der Waals surface area contributed by atoms with Crippen molar-refractivity contribution in [2.75, 3.05) is 20.1 Å². The van der Waals surface area contributed by atoms with Gasteiger partial charge in [0.2, 0.25) is 5.91 Å². The third kappa shape index (κ3) is 8.66. The van der Waals surface area contributed by atoms with Gasteiger partial charge in [-0.15, -0.1) is 0 Å². The maximum Gasteiger partial charge on any atom is 0.406 e. The van der Waals surface area contributed by atoms with Gasteiger partial charge >= 0.3 is 12.4 Å². The maximum atomic E-state index is 14.8. The van der Waals surface area contributed by atoms with Crippen molar-refractivity contribution in [2.45, 2.75) is 18.3 Å². The third-order valence-electron chi connectivity index (χ3n) is 4.76. The van der Waals surface area contributed by atoms with Gasteiger partial charge in [-0.05, 0) is 35.9 Å². The molecule has 1 unspecified atom stereocenters. The predicted octanol–water partition coefficient (Wildman–Crippen LogP) is 7.71. The van der Waals surface area contributed by atoms with Crippen molar-refractivity contribution in [1.82, 2.24) is 10.2 Å². The minimum atomic E-state index is -4.95. The molecule has 0 aliphatic heterocycles. The number of carbonyl (C=O) groups excluding carboxylic acids is 2. The molecule has 2 aromatic carbocycles. The van der Waals surface area contributed by atoms with E-state index in [1.165, 1.54) is 0 Å². The molecule has 0 saturated carbocycles. The fraction of sp³-hybridized carbons (Fsp3) is 0.273. The minimum Gasteiger partial charge on any atom is -0.343 e. The molecular weight excluding hydrogens is 599 g/mol. The van der Waals surface area contributed by atoms with E-state index < -0.39 is 65.2 Å². The number of nitrogens with zero attached hydrogens (tertiary/aromatic N) is 1. The lowest BCUT2D eigenvalue weighted by atomic mass is 9.96. The molecule has 2 aromatic rings. The zero-order valence-electron chi connectivity index (χ0n) is 18.4. The molecule has 202 valence electrons. The Kier molecular flexibility index (Phi) is 10.1. The fourth-order valence-electron chi connectivity index (χ4n) is 2.97. The average molecular weight is 614 g/mol. The number of carbonyl (C=O) groups is 2. The Balaban J connectivity index is 2.24. The van der Waals surface area contributed by atoms with Crippen LogP contribution in [-0.2, 0) is 4.79 Å². The molecule has 0 fully saturated rings. The Morgan fingerprint density at radius 3 is 2.03 bits per heavy atom. The maximum absolute atomic E-state index is 14.8. The lowest BCUT2D eigenvalue weighted by Crippen LogP contribution is -2.42. The largest absolute Gasteiger partial charge is 0.406 e. The van der Waals surface area contributed by atoms with Gasteiger partial charge in [-0.1, -0.05) is 52.5 Å². The van der Waals surface area contributed by atoms with Crippen molar-refractivity contribution >= 4 is 64.0 Å². The molecule has 0 aliphatic carbocycles. The summed E-state index contributed by atoms with van der Waals surface area (Å²) in [5, 5.41) is 0.962. The van der Waals surface area contributed by atoms with Crippen LogP contribution in [-0.4, -0.2) is 49.2 Å². The van der Waals surface area contributed by atoms with E-state index in [4.69, 9.17) is 46.4 Å². The first-order chi connectivity index (χ1) is 16.9. The molecule has 1 atom stereocenters. The summed E-state index contributed by atoms with van der Waals surface area (Å²) in [6.07, 6.45) is -9.33. The monoisotopic (exact) mass is 612 g/mol. The van der Waals surface area contributed by atoms with Gasteiger partial charge in [0.25, 0.3) is 5.91 Å². The van der Waals surface area contributed by atoms with Crippen molar-refractivity contribution < 1.29 is 40.3 Å². The van der Waals surface area contributed by atoms with Crippen molar-refractivity contribution in [3.8, 4) is 0 Å². The Morgan fingerprint density at radius 1 is 0.973 bits per heavy atom. The summed E-state index contributed by atoms with van der Waals surface area (Å²) < 4.78 is 93.0. The topological polar surface area (TPSA) is 49.4 Å². The quantitative estimate of drug-likeness (QED) is 0.257. The Labute approximate surface area is 225 Å². The standard InChI is InChI=1S/C22H15Cl4F7N2O2/c1-35(9-21(28,29)30)18(36)8-34-20(37)12-3-2-10(4-14(12)23)17(27)7-13(22(31,32)33)11-5-15(24)19(26)16(25)6-11/h2-7,13H,8-9H2,1H3,(H,34,37). The van der Waals surface area contributed by atoms with Gasteiger partial charge in [0.1, 0.15) is 18.3 Å². The number of likely N-dealkylation sites (N-methyl/N-ethyl adjacent to an activating group) is 1. The number of halogens is 11. The van der Waals surface area contributed by atoms with Crippen LogP contribution < -0.4 is 5.32 Å². The molecule has 0 heterocycles. The summed E-state index contributed by atoms with van der Waals surface area (Å²) in [4.78, 5) is 24.4. The second kappa shape index (κ2) is 12.1. The summed E-state index contributed by atoms with van der Waals surface area (Å²) in [7, 11) is 0.888. The molecule has 2 amide bonds. The molecule has 2 rings (SSSR count). The van der Waals surface area contributed by atoms with Crippen LogP contribution in [0.2, 0.25) is 20.1 Å². The van der Waals surface area contributed by atoms with Crippen molar-refractivity contribution in [3.63, 3.8) is 0 Å². The number of benzene rings is 2. The van der Waals surface area contributed by atoms with E-state index in [2.05, 4.69) is 5.32 Å². The lowest BCUT2D eigenvalue weighted by Gasteiger charge is -2.19. The second-order valence-corrected chi connectivity index (χ2v) is 9.17. The van der Waals surface area contributed by atoms with E-state index in [1.54, 1.807) is 0 Å². The van der Waals surface area contributed by atoms with E-state index in [0.29, 0.717) is 4.90 Å². The zero-order valence-corrected chi connectivity index (χ0v) is 21.4. The van der Waals surface area contributed by atoms with Crippen LogP contribution in [0.25, 0.3) is 5.83 Å². The van der Waals surface area contributed by atoms with E-state index in [-0.39, 0.29) is 26.7 Å². The highest BCUT2D eigenvalue weighted by atomic mass is 35.5. The van der Waals surface area contributed by atoms with Gasteiger partial charge in [-0.25, -0.2) is 4.39 Å². The first-order valence-electron chi connectivity index (χ1n) is 9.88. The molecular formula is C22H15Cl4F7N2O2. The van der Waals surface area contributed by atoms with E-state index >= 15 is 0 Å². The summed E-state index contributed by atoms with van der Waals surface area (Å²) in [6, 6.07) is 4.59. The Bertz CT molecular complexity index is 1190. The zero-order chi connectivity index (χ0) is 28.3. The molecule has 37 heavy (non-hydrogen) atoms. The lowest BCUT2D eigenvalue weighted by molar-refractivity contribution is -0.157. The highest BCUT2D eigenvalue weighted by molar-refractivity contribution is 6.48. The summed E-state index contributed by atoms with van der Waals surface area (Å²) in [5.41, 5.74) is -1.19. The molecule has 1 N–H and O–H groups in total. The van der Waals surface area contributed by atoms with Crippen molar-refractivity contribution in [2.24, 2.45) is 0 Å². The summed E-state index contributed by atoms with van der Waals surface area (Å²) >= 11 is 23.3. The molecule has 15 heteroatoms. The van der Waals surface area contributed by atoms with Gasteiger partial charge in [0.15, 0.2) is 0 Å². The number of hydrogen-bond donors (Lipinski definition) is 1. The number of alkyl halides is 6. The molecule has 4 nitrogen and oxygen atoms in total. The second-order valence-electron chi connectivity index (χ2n) is 7.57. The highest BCUT2D eigenvalue weighted by Gasteiger charge is 2.40. The first-order valence-corrected chi connectivity index (χ1v) is 11.4. The number of hydrogen-bond acceptors (Lipinski definition) is 2.